The van der Waals surface area contributed by atoms with Gasteiger partial charge in [0.15, 0.2) is 0 Å². The molecule has 0 amide bonds. The molecular formula is C18H18ClNO. The summed E-state index contributed by atoms with van der Waals surface area (Å²) in [6.07, 6.45) is 1.12. The molecule has 3 rings (SSSR count). The van der Waals surface area contributed by atoms with Crippen molar-refractivity contribution in [1.29, 1.82) is 0 Å². The molecule has 0 fully saturated rings. The lowest BCUT2D eigenvalue weighted by atomic mass is 10.0. The zero-order valence-electron chi connectivity index (χ0n) is 12.0. The van der Waals surface area contributed by atoms with Gasteiger partial charge in [0, 0.05) is 22.5 Å². The van der Waals surface area contributed by atoms with Gasteiger partial charge in [0.05, 0.1) is 0 Å². The minimum atomic E-state index is 0.727. The number of rotatable bonds is 5. The number of fused-ring (bicyclic) bond motifs is 1. The summed E-state index contributed by atoms with van der Waals surface area (Å²) in [5.41, 5.74) is 3.16. The van der Waals surface area contributed by atoms with E-state index in [9.17, 15) is 0 Å². The maximum atomic E-state index is 6.16. The average Bonchev–Trinajstić information content (AvgIpc) is 2.92. The molecule has 1 aromatic heterocycles. The second kappa shape index (κ2) is 6.33. The van der Waals surface area contributed by atoms with E-state index in [-0.39, 0.29) is 0 Å². The molecule has 0 aliphatic carbocycles. The molecule has 0 bridgehead atoms. The lowest BCUT2D eigenvalue weighted by molar-refractivity contribution is 0.627. The first-order valence-corrected chi connectivity index (χ1v) is 7.64. The molecule has 0 spiro atoms. The van der Waals surface area contributed by atoms with Crippen LogP contribution in [0.4, 0.5) is 0 Å². The van der Waals surface area contributed by atoms with Crippen molar-refractivity contribution in [3.05, 3.63) is 59.1 Å². The van der Waals surface area contributed by atoms with Crippen LogP contribution in [0.5, 0.6) is 0 Å². The average molecular weight is 300 g/mol. The Labute approximate surface area is 129 Å². The van der Waals surface area contributed by atoms with Crippen molar-refractivity contribution in [2.75, 3.05) is 6.54 Å². The molecular weight excluding hydrogens is 282 g/mol. The van der Waals surface area contributed by atoms with Gasteiger partial charge >= 0.3 is 0 Å². The summed E-state index contributed by atoms with van der Waals surface area (Å²) in [7, 11) is 0. The Balaban J connectivity index is 2.00. The molecule has 0 unspecified atom stereocenters. The highest BCUT2D eigenvalue weighted by Gasteiger charge is 2.11. The number of halogens is 1. The SMILES string of the molecule is CCCNCc1ccc(Cl)cc1-c1cc2ccccc2o1. The summed E-state index contributed by atoms with van der Waals surface area (Å²) in [4.78, 5) is 0. The fourth-order valence-electron chi connectivity index (χ4n) is 2.45. The van der Waals surface area contributed by atoms with Crippen molar-refractivity contribution in [3.8, 4) is 11.3 Å². The third kappa shape index (κ3) is 3.12. The number of nitrogens with one attached hydrogen (secondary N) is 1. The number of benzene rings is 2. The lowest BCUT2D eigenvalue weighted by Gasteiger charge is -2.09. The molecule has 0 aliphatic rings. The van der Waals surface area contributed by atoms with Crippen molar-refractivity contribution >= 4 is 22.6 Å². The normalized spacial score (nSPS) is 11.1. The van der Waals surface area contributed by atoms with E-state index < -0.39 is 0 Å². The number of furan rings is 1. The Morgan fingerprint density at radius 2 is 1.95 bits per heavy atom. The van der Waals surface area contributed by atoms with Crippen molar-refractivity contribution in [2.45, 2.75) is 19.9 Å². The molecule has 0 saturated heterocycles. The summed E-state index contributed by atoms with van der Waals surface area (Å²) >= 11 is 6.16. The highest BCUT2D eigenvalue weighted by Crippen LogP contribution is 2.32. The van der Waals surface area contributed by atoms with Crippen LogP contribution in [0.25, 0.3) is 22.3 Å². The van der Waals surface area contributed by atoms with Crippen LogP contribution >= 0.6 is 11.6 Å². The van der Waals surface area contributed by atoms with Gasteiger partial charge in [-0.05, 0) is 42.8 Å². The molecule has 108 valence electrons. The molecule has 1 heterocycles. The van der Waals surface area contributed by atoms with Crippen LogP contribution in [-0.2, 0) is 6.54 Å². The molecule has 21 heavy (non-hydrogen) atoms. The largest absolute Gasteiger partial charge is 0.456 e. The zero-order chi connectivity index (χ0) is 14.7. The third-order valence-corrected chi connectivity index (χ3v) is 3.74. The molecule has 0 saturated carbocycles. The van der Waals surface area contributed by atoms with E-state index in [1.54, 1.807) is 0 Å². The smallest absolute Gasteiger partial charge is 0.135 e. The van der Waals surface area contributed by atoms with Crippen LogP contribution in [0.2, 0.25) is 5.02 Å². The Kier molecular flexibility index (Phi) is 4.28. The molecule has 2 aromatic carbocycles. The lowest BCUT2D eigenvalue weighted by Crippen LogP contribution is -2.14. The van der Waals surface area contributed by atoms with E-state index in [1.807, 2.05) is 30.3 Å². The van der Waals surface area contributed by atoms with Crippen LogP contribution in [0.1, 0.15) is 18.9 Å². The topological polar surface area (TPSA) is 25.2 Å². The highest BCUT2D eigenvalue weighted by molar-refractivity contribution is 6.30. The van der Waals surface area contributed by atoms with Gasteiger partial charge in [-0.15, -0.1) is 0 Å². The molecule has 0 atom stereocenters. The zero-order valence-corrected chi connectivity index (χ0v) is 12.8. The third-order valence-electron chi connectivity index (χ3n) is 3.51. The monoisotopic (exact) mass is 299 g/mol. The predicted octanol–water partition coefficient (Wildman–Crippen LogP) is 5.25. The van der Waals surface area contributed by atoms with E-state index in [0.29, 0.717) is 0 Å². The Hall–Kier alpha value is -1.77. The van der Waals surface area contributed by atoms with Crippen molar-refractivity contribution in [2.24, 2.45) is 0 Å². The fraction of sp³-hybridized carbons (Fsp3) is 0.222. The number of para-hydroxylation sites is 1. The van der Waals surface area contributed by atoms with Gasteiger partial charge in [-0.1, -0.05) is 42.8 Å². The summed E-state index contributed by atoms with van der Waals surface area (Å²) < 4.78 is 5.97. The Bertz CT molecular complexity index is 715. The van der Waals surface area contributed by atoms with Crippen LogP contribution in [0.3, 0.4) is 0 Å². The minimum Gasteiger partial charge on any atom is -0.456 e. The van der Waals surface area contributed by atoms with Crippen molar-refractivity contribution < 1.29 is 4.42 Å². The predicted molar refractivity (Wildman–Crippen MR) is 88.7 cm³/mol. The van der Waals surface area contributed by atoms with Gasteiger partial charge in [-0.25, -0.2) is 0 Å². The fourth-order valence-corrected chi connectivity index (χ4v) is 2.62. The molecule has 1 N–H and O–H groups in total. The van der Waals surface area contributed by atoms with Crippen LogP contribution in [0, 0.1) is 0 Å². The standard InChI is InChI=1S/C18H18ClNO/c1-2-9-20-12-14-7-8-15(19)11-16(14)18-10-13-5-3-4-6-17(13)21-18/h3-8,10-11,20H,2,9,12H2,1H3. The van der Waals surface area contributed by atoms with Gasteiger partial charge in [-0.2, -0.15) is 0 Å². The van der Waals surface area contributed by atoms with Crippen LogP contribution in [-0.4, -0.2) is 6.54 Å². The Morgan fingerprint density at radius 3 is 2.76 bits per heavy atom. The van der Waals surface area contributed by atoms with Gasteiger partial charge < -0.3 is 9.73 Å². The first-order chi connectivity index (χ1) is 10.3. The first kappa shape index (κ1) is 14.2. The summed E-state index contributed by atoms with van der Waals surface area (Å²) in [5, 5.41) is 5.27. The molecule has 2 nitrogen and oxygen atoms in total. The summed E-state index contributed by atoms with van der Waals surface area (Å²) in [6, 6.07) is 16.1. The van der Waals surface area contributed by atoms with Crippen LogP contribution < -0.4 is 5.32 Å². The first-order valence-electron chi connectivity index (χ1n) is 7.26. The maximum Gasteiger partial charge on any atom is 0.135 e. The van der Waals surface area contributed by atoms with Gasteiger partial charge in [-0.3, -0.25) is 0 Å². The summed E-state index contributed by atoms with van der Waals surface area (Å²) in [5.74, 6) is 0.868. The molecule has 0 radical (unpaired) electrons. The van der Waals surface area contributed by atoms with E-state index in [1.165, 1.54) is 5.56 Å². The number of hydrogen-bond donors (Lipinski definition) is 1. The van der Waals surface area contributed by atoms with Crippen molar-refractivity contribution in [1.82, 2.24) is 5.32 Å². The van der Waals surface area contributed by atoms with E-state index in [2.05, 4.69) is 30.4 Å². The molecule has 0 aliphatic heterocycles. The second-order valence-electron chi connectivity index (χ2n) is 5.13. The van der Waals surface area contributed by atoms with E-state index >= 15 is 0 Å². The van der Waals surface area contributed by atoms with E-state index in [4.69, 9.17) is 16.0 Å². The van der Waals surface area contributed by atoms with Crippen molar-refractivity contribution in [3.63, 3.8) is 0 Å². The maximum absolute atomic E-state index is 6.16. The highest BCUT2D eigenvalue weighted by atomic mass is 35.5. The second-order valence-corrected chi connectivity index (χ2v) is 5.56. The quantitative estimate of drug-likeness (QED) is 0.651. The van der Waals surface area contributed by atoms with Crippen LogP contribution in [0.15, 0.2) is 52.9 Å². The molecule has 3 heteroatoms. The molecule has 3 aromatic rings. The minimum absolute atomic E-state index is 0.727. The van der Waals surface area contributed by atoms with Gasteiger partial charge in [0.1, 0.15) is 11.3 Å². The Morgan fingerprint density at radius 1 is 1.10 bits per heavy atom. The van der Waals surface area contributed by atoms with Gasteiger partial charge in [0.25, 0.3) is 0 Å². The number of hydrogen-bond acceptors (Lipinski definition) is 2. The van der Waals surface area contributed by atoms with E-state index in [0.717, 1.165) is 46.8 Å². The van der Waals surface area contributed by atoms with Gasteiger partial charge in [0.2, 0.25) is 0 Å². The summed E-state index contributed by atoms with van der Waals surface area (Å²) in [6.45, 7) is 3.98.